The fraction of sp³-hybridized carbons (Fsp3) is 0.167. The van der Waals surface area contributed by atoms with Crippen molar-refractivity contribution in [3.05, 3.63) is 82.8 Å². The quantitative estimate of drug-likeness (QED) is 0.482. The normalized spacial score (nSPS) is 12.5. The third-order valence-corrected chi connectivity index (χ3v) is 6.33. The summed E-state index contributed by atoms with van der Waals surface area (Å²) in [5.74, 6) is 1.39. The van der Waals surface area contributed by atoms with Crippen LogP contribution in [0.25, 0.3) is 11.1 Å². The van der Waals surface area contributed by atoms with Crippen molar-refractivity contribution in [1.82, 2.24) is 15.0 Å². The second kappa shape index (κ2) is 8.39. The number of thiazole rings is 1. The van der Waals surface area contributed by atoms with Gasteiger partial charge in [0.2, 0.25) is 0 Å². The summed E-state index contributed by atoms with van der Waals surface area (Å²) in [4.78, 5) is 29.9. The van der Waals surface area contributed by atoms with Crippen LogP contribution >= 0.6 is 11.3 Å². The number of carbonyl (C=O) groups excluding carboxylic acids is 1. The van der Waals surface area contributed by atoms with E-state index in [0.717, 1.165) is 39.8 Å². The van der Waals surface area contributed by atoms with Gasteiger partial charge in [0.15, 0.2) is 5.13 Å². The lowest BCUT2D eigenvalue weighted by Crippen LogP contribution is -2.17. The van der Waals surface area contributed by atoms with Gasteiger partial charge in [-0.25, -0.2) is 9.97 Å². The van der Waals surface area contributed by atoms with Gasteiger partial charge in [-0.15, -0.1) is 0 Å². The van der Waals surface area contributed by atoms with E-state index in [4.69, 9.17) is 4.74 Å². The maximum atomic E-state index is 13.2. The van der Waals surface area contributed by atoms with Gasteiger partial charge in [-0.1, -0.05) is 35.6 Å². The van der Waals surface area contributed by atoms with Crippen LogP contribution in [-0.2, 0) is 13.1 Å². The van der Waals surface area contributed by atoms with E-state index < -0.39 is 0 Å². The Morgan fingerprint density at radius 1 is 1.09 bits per heavy atom. The minimum Gasteiger partial charge on any atom is -0.496 e. The molecule has 1 amide bonds. The van der Waals surface area contributed by atoms with Crippen molar-refractivity contribution in [3.63, 3.8) is 0 Å². The number of pyridine rings is 2. The maximum absolute atomic E-state index is 13.2. The van der Waals surface area contributed by atoms with E-state index in [9.17, 15) is 4.79 Å². The molecule has 5 rings (SSSR count). The summed E-state index contributed by atoms with van der Waals surface area (Å²) in [5, 5.41) is 3.55. The second-order valence-corrected chi connectivity index (χ2v) is 8.54. The van der Waals surface area contributed by atoms with E-state index in [0.29, 0.717) is 23.0 Å². The molecule has 0 fully saturated rings. The molecule has 32 heavy (non-hydrogen) atoms. The van der Waals surface area contributed by atoms with Gasteiger partial charge in [0.05, 0.1) is 36.3 Å². The number of hydrogen-bond acceptors (Lipinski definition) is 7. The first-order valence-electron chi connectivity index (χ1n) is 10.2. The zero-order valence-corrected chi connectivity index (χ0v) is 18.5. The molecule has 0 saturated heterocycles. The first kappa shape index (κ1) is 20.1. The van der Waals surface area contributed by atoms with Crippen LogP contribution in [0.4, 0.5) is 10.9 Å². The van der Waals surface area contributed by atoms with Crippen molar-refractivity contribution < 1.29 is 9.53 Å². The summed E-state index contributed by atoms with van der Waals surface area (Å²) in [6, 6.07) is 15.4. The molecule has 0 atom stereocenters. The molecule has 0 spiro atoms. The van der Waals surface area contributed by atoms with Crippen LogP contribution in [0, 0.1) is 6.92 Å². The van der Waals surface area contributed by atoms with Gasteiger partial charge in [-0.05, 0) is 31.2 Å². The van der Waals surface area contributed by atoms with Gasteiger partial charge < -0.3 is 9.64 Å². The lowest BCUT2D eigenvalue weighted by Gasteiger charge is -2.16. The molecule has 7 nitrogen and oxygen atoms in total. The lowest BCUT2D eigenvalue weighted by molar-refractivity contribution is 0.102. The van der Waals surface area contributed by atoms with E-state index in [1.807, 2.05) is 55.5 Å². The van der Waals surface area contributed by atoms with Crippen LogP contribution in [0.3, 0.4) is 0 Å². The molecule has 3 aromatic heterocycles. The van der Waals surface area contributed by atoms with E-state index in [1.54, 1.807) is 19.5 Å². The van der Waals surface area contributed by atoms with Crippen LogP contribution in [-0.4, -0.2) is 28.0 Å². The van der Waals surface area contributed by atoms with Crippen LogP contribution in [0.2, 0.25) is 0 Å². The number of aromatic nitrogens is 3. The number of aryl methyl sites for hydroxylation is 1. The summed E-state index contributed by atoms with van der Waals surface area (Å²) < 4.78 is 5.51. The zero-order valence-electron chi connectivity index (χ0n) is 17.7. The molecule has 0 radical (unpaired) electrons. The Kier molecular flexibility index (Phi) is 5.28. The summed E-state index contributed by atoms with van der Waals surface area (Å²) in [5.41, 5.74) is 3.90. The predicted octanol–water partition coefficient (Wildman–Crippen LogP) is 4.69. The van der Waals surface area contributed by atoms with Gasteiger partial charge in [-0.2, -0.15) is 0 Å². The Hall–Kier alpha value is -3.78. The van der Waals surface area contributed by atoms with Gasteiger partial charge in [0.1, 0.15) is 11.6 Å². The standard InChI is InChI=1S/C24H21N5O2S/c1-15-11-17(16-7-3-4-8-20(16)31-2)18(12-26-15)23(30)28-24-27-19-13-29(14-21(19)32-24)22-9-5-6-10-25-22/h3-12H,13-14H2,1-2H3,(H,27,28,30). The Morgan fingerprint density at radius 2 is 1.94 bits per heavy atom. The average molecular weight is 444 g/mol. The minimum absolute atomic E-state index is 0.243. The minimum atomic E-state index is -0.243. The van der Waals surface area contributed by atoms with E-state index in [1.165, 1.54) is 11.3 Å². The third kappa shape index (κ3) is 3.80. The first-order valence-corrected chi connectivity index (χ1v) is 11.0. The average Bonchev–Trinajstić information content (AvgIpc) is 3.38. The highest BCUT2D eigenvalue weighted by Gasteiger charge is 2.26. The highest BCUT2D eigenvalue weighted by atomic mass is 32.1. The van der Waals surface area contributed by atoms with Gasteiger partial charge in [0, 0.05) is 29.2 Å². The topological polar surface area (TPSA) is 80.2 Å². The van der Waals surface area contributed by atoms with Gasteiger partial charge in [-0.3, -0.25) is 15.1 Å². The summed E-state index contributed by atoms with van der Waals surface area (Å²) in [6.45, 7) is 3.31. The Labute approximate surface area is 189 Å². The van der Waals surface area contributed by atoms with Gasteiger partial charge in [0.25, 0.3) is 5.91 Å². The molecule has 1 N–H and O–H groups in total. The fourth-order valence-electron chi connectivity index (χ4n) is 3.79. The highest BCUT2D eigenvalue weighted by molar-refractivity contribution is 7.16. The number of para-hydroxylation sites is 1. The van der Waals surface area contributed by atoms with Crippen LogP contribution in [0.5, 0.6) is 5.75 Å². The molecular formula is C24H21N5O2S. The SMILES string of the molecule is COc1ccccc1-c1cc(C)ncc1C(=O)Nc1nc2c(s1)CN(c1ccccn1)C2. The molecule has 8 heteroatoms. The summed E-state index contributed by atoms with van der Waals surface area (Å²) >= 11 is 1.50. The monoisotopic (exact) mass is 443 g/mol. The number of hydrogen-bond donors (Lipinski definition) is 1. The molecule has 0 aliphatic carbocycles. The molecule has 1 aliphatic rings. The number of anilines is 2. The molecule has 0 saturated carbocycles. The van der Waals surface area contributed by atoms with E-state index in [2.05, 4.69) is 25.2 Å². The van der Waals surface area contributed by atoms with Crippen molar-refractivity contribution in [1.29, 1.82) is 0 Å². The number of methoxy groups -OCH3 is 1. The zero-order chi connectivity index (χ0) is 22.1. The number of fused-ring (bicyclic) bond motifs is 1. The number of nitrogens with zero attached hydrogens (tertiary/aromatic N) is 4. The molecule has 1 aromatic carbocycles. The van der Waals surface area contributed by atoms with E-state index >= 15 is 0 Å². The molecular weight excluding hydrogens is 422 g/mol. The highest BCUT2D eigenvalue weighted by Crippen LogP contribution is 2.35. The van der Waals surface area contributed by atoms with Crippen LogP contribution in [0.15, 0.2) is 60.9 Å². The van der Waals surface area contributed by atoms with Crippen molar-refractivity contribution in [2.45, 2.75) is 20.0 Å². The fourth-order valence-corrected chi connectivity index (χ4v) is 4.77. The predicted molar refractivity (Wildman–Crippen MR) is 125 cm³/mol. The van der Waals surface area contributed by atoms with Crippen LogP contribution in [0.1, 0.15) is 26.6 Å². The van der Waals surface area contributed by atoms with Crippen molar-refractivity contribution in [2.24, 2.45) is 0 Å². The number of nitrogens with one attached hydrogen (secondary N) is 1. The Bertz CT molecular complexity index is 1270. The molecule has 0 unspecified atom stereocenters. The largest absolute Gasteiger partial charge is 0.496 e. The molecule has 0 bridgehead atoms. The molecule has 4 aromatic rings. The second-order valence-electron chi connectivity index (χ2n) is 7.46. The number of ether oxygens (including phenoxy) is 1. The van der Waals surface area contributed by atoms with Crippen LogP contribution < -0.4 is 15.0 Å². The Morgan fingerprint density at radius 3 is 2.72 bits per heavy atom. The van der Waals surface area contributed by atoms with E-state index in [-0.39, 0.29) is 5.91 Å². The molecule has 1 aliphatic heterocycles. The van der Waals surface area contributed by atoms with Crippen molar-refractivity contribution in [3.8, 4) is 16.9 Å². The smallest absolute Gasteiger partial charge is 0.259 e. The first-order chi connectivity index (χ1) is 15.6. The molecule has 160 valence electrons. The summed E-state index contributed by atoms with van der Waals surface area (Å²) in [7, 11) is 1.62. The number of carbonyl (C=O) groups is 1. The lowest BCUT2D eigenvalue weighted by atomic mass is 9.99. The van der Waals surface area contributed by atoms with Crippen molar-refractivity contribution >= 4 is 28.2 Å². The third-order valence-electron chi connectivity index (χ3n) is 5.33. The number of benzene rings is 1. The Balaban J connectivity index is 1.39. The van der Waals surface area contributed by atoms with Gasteiger partial charge >= 0.3 is 0 Å². The molecule has 4 heterocycles. The number of amides is 1. The summed E-state index contributed by atoms with van der Waals surface area (Å²) in [6.07, 6.45) is 3.40. The number of rotatable bonds is 5. The van der Waals surface area contributed by atoms with Crippen molar-refractivity contribution in [2.75, 3.05) is 17.3 Å². The maximum Gasteiger partial charge on any atom is 0.259 e.